The highest BCUT2D eigenvalue weighted by Crippen LogP contribution is 2.28. The lowest BCUT2D eigenvalue weighted by Crippen LogP contribution is -2.40. The second kappa shape index (κ2) is 3.81. The Morgan fingerprint density at radius 2 is 2.15 bits per heavy atom. The highest BCUT2D eigenvalue weighted by molar-refractivity contribution is 4.99. The molecular weight excluding hydrogens is 162 g/mol. The minimum atomic E-state index is -0.320. The molecule has 74 valence electrons. The standard InChI is InChI=1S/C11H19NO/c1-8-4-2-3-5-10(8)11(13)12-9-6-7-9/h3,5,8-13H,2,4,6-7H2,1H3. The summed E-state index contributed by atoms with van der Waals surface area (Å²) >= 11 is 0. The third-order valence-electron chi connectivity index (χ3n) is 3.15. The van der Waals surface area contributed by atoms with Crippen molar-refractivity contribution in [1.82, 2.24) is 5.32 Å². The van der Waals surface area contributed by atoms with Crippen LogP contribution in [0.2, 0.25) is 0 Å². The SMILES string of the molecule is CC1CCC=CC1C(O)NC1CC1. The van der Waals surface area contributed by atoms with Crippen LogP contribution >= 0.6 is 0 Å². The van der Waals surface area contributed by atoms with Crippen LogP contribution < -0.4 is 5.32 Å². The number of allylic oxidation sites excluding steroid dienone is 1. The second-order valence-electron chi connectivity index (χ2n) is 4.45. The molecule has 2 heteroatoms. The van der Waals surface area contributed by atoms with E-state index in [-0.39, 0.29) is 6.23 Å². The Morgan fingerprint density at radius 1 is 1.38 bits per heavy atom. The van der Waals surface area contributed by atoms with E-state index in [0.717, 1.165) is 0 Å². The number of nitrogens with one attached hydrogen (secondary N) is 1. The van der Waals surface area contributed by atoms with Gasteiger partial charge in [-0.2, -0.15) is 0 Å². The normalized spacial score (nSPS) is 36.2. The molecule has 2 rings (SSSR count). The fourth-order valence-corrected chi connectivity index (χ4v) is 2.01. The zero-order valence-corrected chi connectivity index (χ0v) is 8.24. The zero-order chi connectivity index (χ0) is 9.26. The van der Waals surface area contributed by atoms with Crippen molar-refractivity contribution in [3.63, 3.8) is 0 Å². The van der Waals surface area contributed by atoms with E-state index in [1.54, 1.807) is 0 Å². The fraction of sp³-hybridized carbons (Fsp3) is 0.818. The average molecular weight is 181 g/mol. The van der Waals surface area contributed by atoms with Crippen molar-refractivity contribution in [3.05, 3.63) is 12.2 Å². The van der Waals surface area contributed by atoms with Gasteiger partial charge in [-0.15, -0.1) is 0 Å². The van der Waals surface area contributed by atoms with Crippen molar-refractivity contribution < 1.29 is 5.11 Å². The number of hydrogen-bond acceptors (Lipinski definition) is 2. The van der Waals surface area contributed by atoms with Crippen molar-refractivity contribution in [1.29, 1.82) is 0 Å². The lowest BCUT2D eigenvalue weighted by Gasteiger charge is -2.29. The molecule has 2 nitrogen and oxygen atoms in total. The molecule has 1 fully saturated rings. The van der Waals surface area contributed by atoms with Gasteiger partial charge in [0.25, 0.3) is 0 Å². The Bertz CT molecular complexity index is 198. The van der Waals surface area contributed by atoms with Crippen molar-refractivity contribution in [3.8, 4) is 0 Å². The smallest absolute Gasteiger partial charge is 0.111 e. The molecule has 0 aliphatic heterocycles. The summed E-state index contributed by atoms with van der Waals surface area (Å²) in [6.07, 6.45) is 8.91. The molecule has 3 unspecified atom stereocenters. The van der Waals surface area contributed by atoms with Gasteiger partial charge in [0.15, 0.2) is 0 Å². The van der Waals surface area contributed by atoms with E-state index in [2.05, 4.69) is 24.4 Å². The van der Waals surface area contributed by atoms with Crippen LogP contribution in [0.15, 0.2) is 12.2 Å². The summed E-state index contributed by atoms with van der Waals surface area (Å²) < 4.78 is 0. The summed E-state index contributed by atoms with van der Waals surface area (Å²) in [6.45, 7) is 2.23. The van der Waals surface area contributed by atoms with Gasteiger partial charge in [0.2, 0.25) is 0 Å². The van der Waals surface area contributed by atoms with Gasteiger partial charge in [0.05, 0.1) is 0 Å². The maximum Gasteiger partial charge on any atom is 0.111 e. The van der Waals surface area contributed by atoms with E-state index in [1.165, 1.54) is 25.7 Å². The quantitative estimate of drug-likeness (QED) is 0.512. The minimum Gasteiger partial charge on any atom is -0.378 e. The van der Waals surface area contributed by atoms with Crippen molar-refractivity contribution in [2.75, 3.05) is 0 Å². The Hall–Kier alpha value is -0.340. The van der Waals surface area contributed by atoms with Crippen molar-refractivity contribution in [2.45, 2.75) is 44.9 Å². The predicted octanol–water partition coefficient (Wildman–Crippen LogP) is 1.66. The Kier molecular flexibility index (Phi) is 2.70. The molecular formula is C11H19NO. The van der Waals surface area contributed by atoms with Crippen LogP contribution in [-0.4, -0.2) is 17.4 Å². The Labute approximate surface area is 80.0 Å². The largest absolute Gasteiger partial charge is 0.378 e. The number of aliphatic hydroxyl groups is 1. The highest BCUT2D eigenvalue weighted by Gasteiger charge is 2.30. The third kappa shape index (κ3) is 2.32. The Morgan fingerprint density at radius 3 is 2.77 bits per heavy atom. The van der Waals surface area contributed by atoms with E-state index >= 15 is 0 Å². The maximum absolute atomic E-state index is 9.89. The van der Waals surface area contributed by atoms with Gasteiger partial charge in [0.1, 0.15) is 6.23 Å². The second-order valence-corrected chi connectivity index (χ2v) is 4.45. The summed E-state index contributed by atoms with van der Waals surface area (Å²) in [5.41, 5.74) is 0. The van der Waals surface area contributed by atoms with E-state index in [1.807, 2.05) is 0 Å². The summed E-state index contributed by atoms with van der Waals surface area (Å²) in [5.74, 6) is 0.945. The topological polar surface area (TPSA) is 32.3 Å². The number of rotatable bonds is 3. The Balaban J connectivity index is 1.88. The molecule has 13 heavy (non-hydrogen) atoms. The van der Waals surface area contributed by atoms with Crippen LogP contribution in [0.4, 0.5) is 0 Å². The first-order chi connectivity index (χ1) is 6.27. The first-order valence-corrected chi connectivity index (χ1v) is 5.38. The summed E-state index contributed by atoms with van der Waals surface area (Å²) in [5, 5.41) is 13.2. The first-order valence-electron chi connectivity index (χ1n) is 5.38. The van der Waals surface area contributed by atoms with Gasteiger partial charge in [-0.1, -0.05) is 19.1 Å². The summed E-state index contributed by atoms with van der Waals surface area (Å²) in [4.78, 5) is 0. The lowest BCUT2D eigenvalue weighted by molar-refractivity contribution is 0.0649. The molecule has 0 bridgehead atoms. The van der Waals surface area contributed by atoms with Gasteiger partial charge < -0.3 is 5.11 Å². The molecule has 0 spiro atoms. The average Bonchev–Trinajstić information content (AvgIpc) is 2.89. The van der Waals surface area contributed by atoms with E-state index in [0.29, 0.717) is 17.9 Å². The molecule has 0 aromatic carbocycles. The van der Waals surface area contributed by atoms with Crippen LogP contribution in [0, 0.1) is 11.8 Å². The molecule has 0 saturated heterocycles. The molecule has 2 aliphatic carbocycles. The van der Waals surface area contributed by atoms with Crippen LogP contribution in [-0.2, 0) is 0 Å². The molecule has 1 saturated carbocycles. The minimum absolute atomic E-state index is 0.320. The number of aliphatic hydroxyl groups excluding tert-OH is 1. The van der Waals surface area contributed by atoms with Gasteiger partial charge >= 0.3 is 0 Å². The van der Waals surface area contributed by atoms with Crippen LogP contribution in [0.25, 0.3) is 0 Å². The number of hydrogen-bond donors (Lipinski definition) is 2. The van der Waals surface area contributed by atoms with Gasteiger partial charge in [-0.05, 0) is 31.6 Å². The van der Waals surface area contributed by atoms with Gasteiger partial charge in [-0.25, -0.2) is 0 Å². The highest BCUT2D eigenvalue weighted by atomic mass is 16.3. The van der Waals surface area contributed by atoms with Crippen LogP contribution in [0.3, 0.4) is 0 Å². The van der Waals surface area contributed by atoms with Crippen LogP contribution in [0.1, 0.15) is 32.6 Å². The van der Waals surface area contributed by atoms with E-state index in [9.17, 15) is 5.11 Å². The maximum atomic E-state index is 9.89. The van der Waals surface area contributed by atoms with Crippen molar-refractivity contribution >= 4 is 0 Å². The molecule has 0 radical (unpaired) electrons. The van der Waals surface area contributed by atoms with E-state index in [4.69, 9.17) is 0 Å². The van der Waals surface area contributed by atoms with Crippen molar-refractivity contribution in [2.24, 2.45) is 11.8 Å². The fourth-order valence-electron chi connectivity index (χ4n) is 2.01. The van der Waals surface area contributed by atoms with Crippen LogP contribution in [0.5, 0.6) is 0 Å². The van der Waals surface area contributed by atoms with E-state index < -0.39 is 0 Å². The third-order valence-corrected chi connectivity index (χ3v) is 3.15. The van der Waals surface area contributed by atoms with Gasteiger partial charge in [-0.3, -0.25) is 5.32 Å². The molecule has 0 heterocycles. The lowest BCUT2D eigenvalue weighted by atomic mass is 9.84. The molecule has 2 aliphatic rings. The molecule has 0 amide bonds. The van der Waals surface area contributed by atoms with Gasteiger partial charge in [0, 0.05) is 12.0 Å². The summed E-state index contributed by atoms with van der Waals surface area (Å²) in [6, 6.07) is 0.595. The monoisotopic (exact) mass is 181 g/mol. The summed E-state index contributed by atoms with van der Waals surface area (Å²) in [7, 11) is 0. The first kappa shape index (κ1) is 9.22. The zero-order valence-electron chi connectivity index (χ0n) is 8.24. The molecule has 0 aromatic rings. The molecule has 2 N–H and O–H groups in total. The predicted molar refractivity (Wildman–Crippen MR) is 53.2 cm³/mol. The molecule has 3 atom stereocenters. The molecule has 0 aromatic heterocycles.